The molecule has 8 heteroatoms. The Morgan fingerprint density at radius 1 is 1.36 bits per heavy atom. The van der Waals surface area contributed by atoms with Crippen LogP contribution in [0.3, 0.4) is 0 Å². The van der Waals surface area contributed by atoms with Gasteiger partial charge in [0.1, 0.15) is 5.75 Å². The lowest BCUT2D eigenvalue weighted by atomic mass is 10.2. The van der Waals surface area contributed by atoms with Gasteiger partial charge < -0.3 is 15.0 Å². The molecule has 0 unspecified atom stereocenters. The van der Waals surface area contributed by atoms with E-state index in [1.807, 2.05) is 36.1 Å². The van der Waals surface area contributed by atoms with Crippen molar-refractivity contribution in [3.8, 4) is 5.75 Å². The summed E-state index contributed by atoms with van der Waals surface area (Å²) in [5, 5.41) is 3.29. The van der Waals surface area contributed by atoms with E-state index in [-0.39, 0.29) is 29.7 Å². The van der Waals surface area contributed by atoms with Crippen LogP contribution in [0.15, 0.2) is 29.3 Å². The molecule has 1 heterocycles. The number of halogens is 1. The maximum absolute atomic E-state index is 12.3. The van der Waals surface area contributed by atoms with Gasteiger partial charge in [-0.25, -0.2) is 13.4 Å². The van der Waals surface area contributed by atoms with Gasteiger partial charge in [-0.1, -0.05) is 26.0 Å². The van der Waals surface area contributed by atoms with Gasteiger partial charge in [0, 0.05) is 19.6 Å². The van der Waals surface area contributed by atoms with E-state index in [1.54, 1.807) is 13.8 Å². The van der Waals surface area contributed by atoms with Gasteiger partial charge in [-0.15, -0.1) is 24.0 Å². The van der Waals surface area contributed by atoms with Crippen molar-refractivity contribution in [3.05, 3.63) is 29.8 Å². The number of rotatable bonds is 6. The van der Waals surface area contributed by atoms with Gasteiger partial charge in [-0.2, -0.15) is 0 Å². The topological polar surface area (TPSA) is 71.0 Å². The third-order valence-electron chi connectivity index (χ3n) is 4.57. The molecule has 6 nitrogen and oxygen atoms in total. The van der Waals surface area contributed by atoms with Crippen molar-refractivity contribution < 1.29 is 13.2 Å². The van der Waals surface area contributed by atoms with E-state index in [4.69, 9.17) is 9.73 Å². The molecule has 1 N–H and O–H groups in total. The highest BCUT2D eigenvalue weighted by atomic mass is 127. The van der Waals surface area contributed by atoms with Crippen molar-refractivity contribution in [2.75, 3.05) is 32.0 Å². The Balaban J connectivity index is 0.00000392. The van der Waals surface area contributed by atoms with Crippen LogP contribution in [0.5, 0.6) is 5.75 Å². The molecular weight excluding hydrogens is 489 g/mol. The summed E-state index contributed by atoms with van der Waals surface area (Å²) in [6.45, 7) is 12.7. The summed E-state index contributed by atoms with van der Waals surface area (Å²) in [5.74, 6) is 2.24. The maximum Gasteiger partial charge on any atom is 0.194 e. The van der Waals surface area contributed by atoms with E-state index in [9.17, 15) is 8.42 Å². The van der Waals surface area contributed by atoms with E-state index in [2.05, 4.69) is 19.2 Å². The fraction of sp³-hybridized carbons (Fsp3) is 0.650. The second kappa shape index (κ2) is 10.7. The molecule has 0 spiro atoms. The van der Waals surface area contributed by atoms with Gasteiger partial charge in [-0.05, 0) is 44.4 Å². The first-order valence-corrected chi connectivity index (χ1v) is 11.3. The monoisotopic (exact) mass is 523 g/mol. The summed E-state index contributed by atoms with van der Waals surface area (Å²) < 4.78 is 29.5. The van der Waals surface area contributed by atoms with Crippen LogP contribution in [0.25, 0.3) is 0 Å². The van der Waals surface area contributed by atoms with Gasteiger partial charge in [0.2, 0.25) is 0 Å². The Kier molecular flexibility index (Phi) is 9.52. The molecule has 0 aromatic heterocycles. The van der Waals surface area contributed by atoms with Crippen molar-refractivity contribution in [1.29, 1.82) is 0 Å². The quantitative estimate of drug-likeness (QED) is 0.352. The van der Waals surface area contributed by atoms with Crippen molar-refractivity contribution in [1.82, 2.24) is 10.2 Å². The Labute approximate surface area is 187 Å². The molecule has 0 atom stereocenters. The lowest BCUT2D eigenvalue weighted by Crippen LogP contribution is -2.57. The summed E-state index contributed by atoms with van der Waals surface area (Å²) in [6.07, 6.45) is 0. The predicted octanol–water partition coefficient (Wildman–Crippen LogP) is 3.31. The third kappa shape index (κ3) is 6.79. The van der Waals surface area contributed by atoms with Crippen molar-refractivity contribution in [2.45, 2.75) is 45.9 Å². The van der Waals surface area contributed by atoms with Crippen LogP contribution >= 0.6 is 24.0 Å². The van der Waals surface area contributed by atoms with Crippen LogP contribution in [0.1, 0.15) is 40.2 Å². The molecule has 1 aromatic rings. The van der Waals surface area contributed by atoms with Gasteiger partial charge in [0.05, 0.1) is 23.7 Å². The van der Waals surface area contributed by atoms with Crippen LogP contribution in [0.2, 0.25) is 0 Å². The molecule has 0 saturated carbocycles. The van der Waals surface area contributed by atoms with E-state index in [0.717, 1.165) is 23.8 Å². The highest BCUT2D eigenvalue weighted by molar-refractivity contribution is 14.0. The number of nitrogens with zero attached hydrogens (tertiary/aromatic N) is 2. The van der Waals surface area contributed by atoms with Crippen LogP contribution in [0.4, 0.5) is 0 Å². The Bertz CT molecular complexity index is 764. The van der Waals surface area contributed by atoms with Gasteiger partial charge in [-0.3, -0.25) is 0 Å². The Morgan fingerprint density at radius 2 is 2.07 bits per heavy atom. The van der Waals surface area contributed by atoms with Crippen LogP contribution in [-0.4, -0.2) is 56.0 Å². The number of ether oxygens (including phenoxy) is 1. The van der Waals surface area contributed by atoms with Crippen LogP contribution in [0, 0.1) is 5.92 Å². The van der Waals surface area contributed by atoms with Gasteiger partial charge in [0.15, 0.2) is 15.8 Å². The second-order valence-corrected chi connectivity index (χ2v) is 10.8. The standard InChI is InChI=1S/C20H33N3O3S.HI/c1-6-21-19(23-10-11-27(24,25)20(4,5)15-23)22-13-17-8-7-9-18(12-17)26-14-16(2)3;/h7-9,12,16H,6,10-11,13-15H2,1-5H3,(H,21,22);1H. The molecule has 0 radical (unpaired) electrons. The van der Waals surface area contributed by atoms with Crippen molar-refractivity contribution in [2.24, 2.45) is 10.9 Å². The number of aliphatic imine (C=N–C) groups is 1. The molecule has 1 fully saturated rings. The zero-order valence-corrected chi connectivity index (χ0v) is 20.7. The first-order chi connectivity index (χ1) is 12.6. The number of hydrogen-bond donors (Lipinski definition) is 1. The first-order valence-electron chi connectivity index (χ1n) is 9.62. The third-order valence-corrected chi connectivity index (χ3v) is 7.10. The summed E-state index contributed by atoms with van der Waals surface area (Å²) in [5.41, 5.74) is 1.07. The number of guanidine groups is 1. The SMILES string of the molecule is CCNC(=NCc1cccc(OCC(C)C)c1)N1CCS(=O)(=O)C(C)(C)C1.I. The minimum atomic E-state index is -3.07. The average molecular weight is 523 g/mol. The summed E-state index contributed by atoms with van der Waals surface area (Å²) in [7, 11) is -3.07. The minimum absolute atomic E-state index is 0. The smallest absolute Gasteiger partial charge is 0.194 e. The molecular formula is C20H34IN3O3S. The zero-order chi connectivity index (χ0) is 20.1. The second-order valence-electron chi connectivity index (χ2n) is 8.02. The van der Waals surface area contributed by atoms with Crippen molar-refractivity contribution >= 4 is 39.8 Å². The zero-order valence-electron chi connectivity index (χ0n) is 17.6. The van der Waals surface area contributed by atoms with Gasteiger partial charge in [0.25, 0.3) is 0 Å². The molecule has 28 heavy (non-hydrogen) atoms. The van der Waals surface area contributed by atoms with Crippen molar-refractivity contribution in [3.63, 3.8) is 0 Å². The highest BCUT2D eigenvalue weighted by Crippen LogP contribution is 2.24. The van der Waals surface area contributed by atoms with E-state index >= 15 is 0 Å². The number of hydrogen-bond acceptors (Lipinski definition) is 4. The summed E-state index contributed by atoms with van der Waals surface area (Å²) in [4.78, 5) is 6.78. The largest absolute Gasteiger partial charge is 0.493 e. The molecule has 1 aromatic carbocycles. The average Bonchev–Trinajstić information content (AvgIpc) is 2.59. The fourth-order valence-electron chi connectivity index (χ4n) is 2.91. The molecule has 1 aliphatic heterocycles. The normalized spacial score (nSPS) is 18.5. The lowest BCUT2D eigenvalue weighted by molar-refractivity contribution is 0.271. The van der Waals surface area contributed by atoms with E-state index in [0.29, 0.717) is 32.2 Å². The first kappa shape index (κ1) is 25.0. The highest BCUT2D eigenvalue weighted by Gasteiger charge is 2.40. The molecule has 160 valence electrons. The number of benzene rings is 1. The maximum atomic E-state index is 12.3. The minimum Gasteiger partial charge on any atom is -0.493 e. The molecule has 1 saturated heterocycles. The molecule has 0 amide bonds. The van der Waals surface area contributed by atoms with E-state index in [1.165, 1.54) is 0 Å². The Hall–Kier alpha value is -1.03. The number of nitrogens with one attached hydrogen (secondary N) is 1. The molecule has 0 aliphatic carbocycles. The number of sulfone groups is 1. The molecule has 1 aliphatic rings. The Morgan fingerprint density at radius 3 is 2.68 bits per heavy atom. The lowest BCUT2D eigenvalue weighted by Gasteiger charge is -2.39. The van der Waals surface area contributed by atoms with Gasteiger partial charge >= 0.3 is 0 Å². The molecule has 0 bridgehead atoms. The van der Waals surface area contributed by atoms with Crippen LogP contribution in [-0.2, 0) is 16.4 Å². The summed E-state index contributed by atoms with van der Waals surface area (Å²) >= 11 is 0. The summed E-state index contributed by atoms with van der Waals surface area (Å²) in [6, 6.07) is 7.97. The van der Waals surface area contributed by atoms with Crippen LogP contribution < -0.4 is 10.1 Å². The fourth-order valence-corrected chi connectivity index (χ4v) is 4.28. The predicted molar refractivity (Wildman–Crippen MR) is 126 cm³/mol. The molecule has 2 rings (SSSR count). The van der Waals surface area contributed by atoms with E-state index < -0.39 is 14.6 Å².